The van der Waals surface area contributed by atoms with Gasteiger partial charge in [-0.3, -0.25) is 4.68 Å². The predicted molar refractivity (Wildman–Crippen MR) is 78.3 cm³/mol. The highest BCUT2D eigenvalue weighted by Crippen LogP contribution is 2.35. The van der Waals surface area contributed by atoms with Crippen LogP contribution >= 0.6 is 11.6 Å². The summed E-state index contributed by atoms with van der Waals surface area (Å²) >= 11 is 6.41. The molecule has 2 heterocycles. The lowest BCUT2D eigenvalue weighted by atomic mass is 9.91. The summed E-state index contributed by atoms with van der Waals surface area (Å²) in [4.78, 5) is 2.29. The van der Waals surface area contributed by atoms with Gasteiger partial charge in [0.15, 0.2) is 0 Å². The zero-order chi connectivity index (χ0) is 13.6. The number of rotatable bonds is 2. The fraction of sp³-hybridized carbons (Fsp3) is 0.357. The summed E-state index contributed by atoms with van der Waals surface area (Å²) in [5, 5.41) is 4.98. The average Bonchev–Trinajstić information content (AvgIpc) is 2.67. The van der Waals surface area contributed by atoms with Crippen molar-refractivity contribution in [1.82, 2.24) is 14.7 Å². The van der Waals surface area contributed by atoms with E-state index >= 15 is 0 Å². The number of hydrogen-bond donors (Lipinski definition) is 1. The van der Waals surface area contributed by atoms with Crippen molar-refractivity contribution in [2.24, 2.45) is 7.05 Å². The van der Waals surface area contributed by atoms with Crippen molar-refractivity contribution in [2.75, 3.05) is 25.9 Å². The fourth-order valence-electron chi connectivity index (χ4n) is 2.59. The van der Waals surface area contributed by atoms with Gasteiger partial charge in [-0.1, -0.05) is 23.7 Å². The van der Waals surface area contributed by atoms with Crippen LogP contribution in [0.5, 0.6) is 0 Å². The van der Waals surface area contributed by atoms with Crippen molar-refractivity contribution in [2.45, 2.75) is 5.92 Å². The summed E-state index contributed by atoms with van der Waals surface area (Å²) in [6, 6.07) is 6.18. The molecule has 100 valence electrons. The van der Waals surface area contributed by atoms with E-state index in [-0.39, 0.29) is 0 Å². The first-order valence-electron chi connectivity index (χ1n) is 6.32. The second-order valence-electron chi connectivity index (χ2n) is 5.22. The smallest absolute Gasteiger partial charge is 0.129 e. The second kappa shape index (κ2) is 4.54. The third-order valence-corrected chi connectivity index (χ3v) is 4.13. The van der Waals surface area contributed by atoms with Gasteiger partial charge in [0, 0.05) is 36.6 Å². The van der Waals surface area contributed by atoms with E-state index < -0.39 is 0 Å². The van der Waals surface area contributed by atoms with Crippen molar-refractivity contribution >= 4 is 17.4 Å². The van der Waals surface area contributed by atoms with E-state index in [0.717, 1.165) is 29.2 Å². The average molecular weight is 277 g/mol. The van der Waals surface area contributed by atoms with Gasteiger partial charge in [0.05, 0.1) is 6.20 Å². The molecule has 1 aliphatic rings. The molecule has 0 unspecified atom stereocenters. The van der Waals surface area contributed by atoms with E-state index in [1.165, 1.54) is 5.56 Å². The highest BCUT2D eigenvalue weighted by atomic mass is 35.5. The van der Waals surface area contributed by atoms with E-state index in [0.29, 0.717) is 11.7 Å². The first kappa shape index (κ1) is 12.5. The number of anilines is 1. The standard InChI is InChI=1S/C14H17ClN4/c1-18-7-10(8-18)11-4-3-9(5-13(11)15)12-6-17-19(2)14(12)16/h3-6,10H,7-8,16H2,1-2H3. The van der Waals surface area contributed by atoms with Gasteiger partial charge in [0.25, 0.3) is 0 Å². The van der Waals surface area contributed by atoms with E-state index in [2.05, 4.69) is 29.2 Å². The van der Waals surface area contributed by atoms with Gasteiger partial charge in [0.2, 0.25) is 0 Å². The lowest BCUT2D eigenvalue weighted by Crippen LogP contribution is -2.41. The molecule has 1 fully saturated rings. The van der Waals surface area contributed by atoms with Gasteiger partial charge in [-0.05, 0) is 24.2 Å². The molecule has 0 radical (unpaired) electrons. The molecule has 19 heavy (non-hydrogen) atoms. The molecule has 2 aromatic rings. The molecule has 1 aromatic heterocycles. The summed E-state index contributed by atoms with van der Waals surface area (Å²) in [5.74, 6) is 1.21. The van der Waals surface area contributed by atoms with Crippen LogP contribution in [-0.2, 0) is 7.05 Å². The minimum atomic E-state index is 0.554. The zero-order valence-electron chi connectivity index (χ0n) is 11.1. The number of benzene rings is 1. The predicted octanol–water partition coefficient (Wildman–Crippen LogP) is 2.35. The molecule has 4 nitrogen and oxygen atoms in total. The molecule has 0 bridgehead atoms. The number of halogens is 1. The van der Waals surface area contributed by atoms with Crippen LogP contribution in [0.3, 0.4) is 0 Å². The Balaban J connectivity index is 1.93. The minimum absolute atomic E-state index is 0.554. The molecule has 3 rings (SSSR count). The van der Waals surface area contributed by atoms with Gasteiger partial charge < -0.3 is 10.6 Å². The number of nitrogen functional groups attached to an aromatic ring is 1. The number of aryl methyl sites for hydroxylation is 1. The summed E-state index contributed by atoms with van der Waals surface area (Å²) in [6.07, 6.45) is 1.78. The molecule has 0 atom stereocenters. The topological polar surface area (TPSA) is 47.1 Å². The van der Waals surface area contributed by atoms with Gasteiger partial charge >= 0.3 is 0 Å². The molecule has 0 saturated carbocycles. The summed E-state index contributed by atoms with van der Waals surface area (Å²) in [5.41, 5.74) is 9.17. The fourth-order valence-corrected chi connectivity index (χ4v) is 2.93. The zero-order valence-corrected chi connectivity index (χ0v) is 11.9. The SMILES string of the molecule is CN1CC(c2ccc(-c3cnn(C)c3N)cc2Cl)C1. The lowest BCUT2D eigenvalue weighted by molar-refractivity contribution is 0.190. The van der Waals surface area contributed by atoms with Crippen molar-refractivity contribution in [3.63, 3.8) is 0 Å². The van der Waals surface area contributed by atoms with Gasteiger partial charge in [-0.2, -0.15) is 5.10 Å². The molecular weight excluding hydrogens is 260 g/mol. The van der Waals surface area contributed by atoms with Crippen molar-refractivity contribution in [1.29, 1.82) is 0 Å². The Hall–Kier alpha value is -1.52. The molecule has 1 saturated heterocycles. The molecular formula is C14H17ClN4. The van der Waals surface area contributed by atoms with Crippen molar-refractivity contribution in [3.05, 3.63) is 35.0 Å². The van der Waals surface area contributed by atoms with E-state index in [1.54, 1.807) is 10.9 Å². The number of nitrogens with zero attached hydrogens (tertiary/aromatic N) is 3. The Morgan fingerprint density at radius 3 is 2.58 bits per heavy atom. The Morgan fingerprint density at radius 2 is 2.05 bits per heavy atom. The number of hydrogen-bond acceptors (Lipinski definition) is 3. The largest absolute Gasteiger partial charge is 0.383 e. The van der Waals surface area contributed by atoms with Gasteiger partial charge in [0.1, 0.15) is 5.82 Å². The van der Waals surface area contributed by atoms with Crippen molar-refractivity contribution < 1.29 is 0 Å². The number of nitrogens with two attached hydrogens (primary N) is 1. The number of likely N-dealkylation sites (tertiary alicyclic amines) is 1. The molecule has 0 aliphatic carbocycles. The summed E-state index contributed by atoms with van der Waals surface area (Å²) in [6.45, 7) is 2.15. The number of aromatic nitrogens is 2. The van der Waals surface area contributed by atoms with Crippen LogP contribution in [0.25, 0.3) is 11.1 Å². The van der Waals surface area contributed by atoms with E-state index in [1.807, 2.05) is 13.1 Å². The highest BCUT2D eigenvalue weighted by molar-refractivity contribution is 6.31. The third kappa shape index (κ3) is 2.11. The third-order valence-electron chi connectivity index (χ3n) is 3.80. The first-order chi connectivity index (χ1) is 9.06. The Kier molecular flexibility index (Phi) is 2.99. The Morgan fingerprint density at radius 1 is 1.32 bits per heavy atom. The second-order valence-corrected chi connectivity index (χ2v) is 5.63. The lowest BCUT2D eigenvalue weighted by Gasteiger charge is -2.37. The van der Waals surface area contributed by atoms with Gasteiger partial charge in [-0.15, -0.1) is 0 Å². The van der Waals surface area contributed by atoms with Crippen LogP contribution in [0.1, 0.15) is 11.5 Å². The maximum atomic E-state index is 6.41. The van der Waals surface area contributed by atoms with E-state index in [4.69, 9.17) is 17.3 Å². The van der Waals surface area contributed by atoms with Crippen molar-refractivity contribution in [3.8, 4) is 11.1 Å². The monoisotopic (exact) mass is 276 g/mol. The van der Waals surface area contributed by atoms with Crippen LogP contribution in [0.2, 0.25) is 5.02 Å². The Bertz CT molecular complexity index is 614. The van der Waals surface area contributed by atoms with E-state index in [9.17, 15) is 0 Å². The quantitative estimate of drug-likeness (QED) is 0.916. The molecule has 0 amide bonds. The summed E-state index contributed by atoms with van der Waals surface area (Å²) in [7, 11) is 3.95. The molecule has 5 heteroatoms. The first-order valence-corrected chi connectivity index (χ1v) is 6.70. The molecule has 0 spiro atoms. The van der Waals surface area contributed by atoms with Gasteiger partial charge in [-0.25, -0.2) is 0 Å². The van der Waals surface area contributed by atoms with Crippen LogP contribution in [0, 0.1) is 0 Å². The van der Waals surface area contributed by atoms with Crippen LogP contribution in [0.4, 0.5) is 5.82 Å². The van der Waals surface area contributed by atoms with Crippen LogP contribution in [-0.4, -0.2) is 34.8 Å². The molecule has 1 aromatic carbocycles. The minimum Gasteiger partial charge on any atom is -0.383 e. The Labute approximate surface area is 117 Å². The molecule has 2 N–H and O–H groups in total. The number of likely N-dealkylation sites (N-methyl/N-ethyl adjacent to an activating group) is 1. The van der Waals surface area contributed by atoms with Crippen LogP contribution < -0.4 is 5.73 Å². The van der Waals surface area contributed by atoms with Crippen LogP contribution in [0.15, 0.2) is 24.4 Å². The normalized spacial score (nSPS) is 16.6. The maximum Gasteiger partial charge on any atom is 0.129 e. The molecule has 1 aliphatic heterocycles. The highest BCUT2D eigenvalue weighted by Gasteiger charge is 2.26. The summed E-state index contributed by atoms with van der Waals surface area (Å²) < 4.78 is 1.66. The maximum absolute atomic E-state index is 6.41.